The lowest BCUT2D eigenvalue weighted by atomic mass is 10.1. The van der Waals surface area contributed by atoms with Crippen molar-refractivity contribution in [3.63, 3.8) is 0 Å². The van der Waals surface area contributed by atoms with Crippen LogP contribution < -0.4 is 32.1 Å². The van der Waals surface area contributed by atoms with Gasteiger partial charge in [-0.15, -0.1) is 0 Å². The number of aliphatic imine (C=N–C) groups is 2. The molecule has 2 aliphatic rings. The Morgan fingerprint density at radius 2 is 1.39 bits per heavy atom. The zero-order valence-electron chi connectivity index (χ0n) is 32.1. The van der Waals surface area contributed by atoms with E-state index < -0.39 is 28.6 Å². The van der Waals surface area contributed by atoms with E-state index in [0.29, 0.717) is 124 Å². The van der Waals surface area contributed by atoms with Crippen molar-refractivity contribution in [2.24, 2.45) is 21.5 Å². The number of rotatable bonds is 11. The molecular weight excluding hydrogens is 739 g/mol. The Kier molecular flexibility index (Phi) is 12.2. The van der Waals surface area contributed by atoms with Crippen LogP contribution in [0.1, 0.15) is 43.5 Å². The molecular formula is C39H48F2N12O4. The first kappa shape index (κ1) is 40.3. The predicted molar refractivity (Wildman–Crippen MR) is 220 cm³/mol. The normalized spacial score (nSPS) is 15.5. The van der Waals surface area contributed by atoms with Gasteiger partial charge in [0, 0.05) is 113 Å². The number of carboxylic acids is 1. The summed E-state index contributed by atoms with van der Waals surface area (Å²) in [5.74, 6) is -1.94. The van der Waals surface area contributed by atoms with E-state index in [9.17, 15) is 19.5 Å². The maximum atomic E-state index is 15.3. The molecule has 16 nitrogen and oxygen atoms in total. The van der Waals surface area contributed by atoms with E-state index in [1.807, 2.05) is 38.0 Å². The van der Waals surface area contributed by atoms with Crippen LogP contribution in [-0.4, -0.2) is 112 Å². The second kappa shape index (κ2) is 17.2. The number of fused-ring (bicyclic) bond motifs is 2. The standard InChI is InChI=1S/C39H48F2N12O4/c1-3-48-9-7-34(54)25-19-28(40)32(21-30(25)48)50-10-14-52(15-11-50)35(43)18-24(42)6-5-8-46-38(44)47-39(45)53-16-12-51(13-17-53)33-22-31-26(20-29(33)41)36(55)27(37(56)57)23-49(31)4-2/h7,9,19-23,42-43H,3-6,8,10-18H2,1-2H3,(H,56,57)(H4,44,45,46,47). The molecule has 0 atom stereocenters. The van der Waals surface area contributed by atoms with E-state index in [2.05, 4.69) is 9.98 Å². The van der Waals surface area contributed by atoms with Gasteiger partial charge in [-0.25, -0.2) is 13.6 Å². The van der Waals surface area contributed by atoms with E-state index in [1.165, 1.54) is 18.3 Å². The number of aromatic carboxylic acids is 1. The SMILES string of the molecule is CCn1ccc(=O)c2cc(F)c(N3CCN(C(=N)CC(=N)CCCN=C(N)N=C(N)N4CCN(c5cc6c(cc5F)c(=O)c(C(=O)O)cn6CC)CC4)CC3)cc21. The Hall–Kier alpha value is -6.33. The Morgan fingerprint density at radius 1 is 0.825 bits per heavy atom. The molecule has 18 heteroatoms. The molecule has 2 saturated heterocycles. The number of carboxylic acid groups (broad SMARTS) is 1. The van der Waals surface area contributed by atoms with Gasteiger partial charge in [-0.05, 0) is 51.0 Å². The van der Waals surface area contributed by atoms with Gasteiger partial charge in [-0.2, -0.15) is 4.99 Å². The zero-order valence-corrected chi connectivity index (χ0v) is 32.1. The van der Waals surface area contributed by atoms with Crippen LogP contribution in [0.25, 0.3) is 21.8 Å². The number of piperazine rings is 2. The first-order valence-electron chi connectivity index (χ1n) is 19.0. The van der Waals surface area contributed by atoms with Crippen molar-refractivity contribution in [1.82, 2.24) is 18.9 Å². The summed E-state index contributed by atoms with van der Waals surface area (Å²) in [6.07, 6.45) is 4.14. The number of benzene rings is 2. The van der Waals surface area contributed by atoms with E-state index in [1.54, 1.807) is 22.9 Å². The van der Waals surface area contributed by atoms with Crippen molar-refractivity contribution in [3.8, 4) is 0 Å². The lowest BCUT2D eigenvalue weighted by Gasteiger charge is -2.37. The molecule has 4 heterocycles. The average molecular weight is 787 g/mol. The largest absolute Gasteiger partial charge is 0.477 e. The first-order valence-corrected chi connectivity index (χ1v) is 19.0. The molecule has 0 spiro atoms. The molecule has 0 aliphatic carbocycles. The Morgan fingerprint density at radius 3 is 1.96 bits per heavy atom. The number of halogens is 2. The number of aromatic nitrogens is 2. The van der Waals surface area contributed by atoms with Crippen LogP contribution >= 0.6 is 0 Å². The van der Waals surface area contributed by atoms with Crippen LogP contribution in [0.15, 0.2) is 62.3 Å². The second-order valence-corrected chi connectivity index (χ2v) is 14.1. The molecule has 0 amide bonds. The summed E-state index contributed by atoms with van der Waals surface area (Å²) in [5, 5.41) is 26.8. The average Bonchev–Trinajstić information content (AvgIpc) is 3.20. The van der Waals surface area contributed by atoms with Crippen molar-refractivity contribution in [3.05, 3.63) is 80.4 Å². The quantitative estimate of drug-likeness (QED) is 0.0850. The number of nitrogens with two attached hydrogens (primary N) is 2. The van der Waals surface area contributed by atoms with Gasteiger partial charge in [-0.1, -0.05) is 0 Å². The number of carbonyl (C=O) groups is 1. The minimum absolute atomic E-state index is 0.00764. The van der Waals surface area contributed by atoms with Gasteiger partial charge in [0.25, 0.3) is 0 Å². The highest BCUT2D eigenvalue weighted by atomic mass is 19.1. The molecule has 0 saturated carbocycles. The molecule has 2 fully saturated rings. The van der Waals surface area contributed by atoms with Gasteiger partial charge in [0.1, 0.15) is 23.0 Å². The third-order valence-corrected chi connectivity index (χ3v) is 10.6. The van der Waals surface area contributed by atoms with Gasteiger partial charge in [0.15, 0.2) is 11.4 Å². The van der Waals surface area contributed by atoms with Crippen molar-refractivity contribution >= 4 is 62.6 Å². The molecule has 0 radical (unpaired) electrons. The van der Waals surface area contributed by atoms with Crippen molar-refractivity contribution in [2.75, 3.05) is 68.7 Å². The summed E-state index contributed by atoms with van der Waals surface area (Å²) >= 11 is 0. The molecule has 6 rings (SSSR count). The fraction of sp³-hybridized carbons (Fsp3) is 0.410. The van der Waals surface area contributed by atoms with Crippen LogP contribution in [0.3, 0.4) is 0 Å². The number of pyridine rings is 2. The molecule has 7 N–H and O–H groups in total. The maximum absolute atomic E-state index is 15.3. The summed E-state index contributed by atoms with van der Waals surface area (Å²) < 4.78 is 33.9. The molecule has 302 valence electrons. The smallest absolute Gasteiger partial charge is 0.341 e. The molecule has 2 aromatic heterocycles. The fourth-order valence-electron chi connectivity index (χ4n) is 7.39. The lowest BCUT2D eigenvalue weighted by molar-refractivity contribution is 0.0694. The third kappa shape index (κ3) is 8.74. The van der Waals surface area contributed by atoms with Gasteiger partial charge < -0.3 is 50.7 Å². The molecule has 57 heavy (non-hydrogen) atoms. The van der Waals surface area contributed by atoms with E-state index in [-0.39, 0.29) is 29.2 Å². The van der Waals surface area contributed by atoms with Crippen LogP contribution in [0, 0.1) is 22.5 Å². The highest BCUT2D eigenvalue weighted by molar-refractivity contribution is 6.01. The van der Waals surface area contributed by atoms with Gasteiger partial charge >= 0.3 is 5.97 Å². The number of hydrogen-bond acceptors (Lipinski definition) is 8. The monoisotopic (exact) mass is 786 g/mol. The van der Waals surface area contributed by atoms with Crippen LogP contribution in [-0.2, 0) is 13.1 Å². The number of aryl methyl sites for hydroxylation is 2. The minimum Gasteiger partial charge on any atom is -0.477 e. The highest BCUT2D eigenvalue weighted by Gasteiger charge is 2.25. The Labute approximate surface area is 327 Å². The van der Waals surface area contributed by atoms with Gasteiger partial charge in [0.05, 0.1) is 22.4 Å². The van der Waals surface area contributed by atoms with Crippen LogP contribution in [0.5, 0.6) is 0 Å². The number of anilines is 2. The van der Waals surface area contributed by atoms with Crippen molar-refractivity contribution in [2.45, 2.75) is 46.2 Å². The summed E-state index contributed by atoms with van der Waals surface area (Å²) in [5.41, 5.74) is 13.2. The number of guanidine groups is 2. The van der Waals surface area contributed by atoms with Crippen molar-refractivity contribution < 1.29 is 18.7 Å². The number of hydrogen-bond donors (Lipinski definition) is 5. The molecule has 2 aromatic carbocycles. The summed E-state index contributed by atoms with van der Waals surface area (Å²) in [6, 6.07) is 7.17. The van der Waals surface area contributed by atoms with Crippen LogP contribution in [0.4, 0.5) is 20.2 Å². The summed E-state index contributed by atoms with van der Waals surface area (Å²) in [6.45, 7) is 8.78. The zero-order chi connectivity index (χ0) is 41.0. The van der Waals surface area contributed by atoms with E-state index >= 15 is 8.78 Å². The van der Waals surface area contributed by atoms with E-state index in [4.69, 9.17) is 22.3 Å². The number of nitrogens with one attached hydrogen (secondary N) is 2. The first-order chi connectivity index (χ1) is 27.3. The molecule has 0 bridgehead atoms. The molecule has 2 aliphatic heterocycles. The summed E-state index contributed by atoms with van der Waals surface area (Å²) in [4.78, 5) is 52.6. The van der Waals surface area contributed by atoms with E-state index in [0.717, 1.165) is 6.07 Å². The predicted octanol–water partition coefficient (Wildman–Crippen LogP) is 3.07. The number of nitrogens with zero attached hydrogens (tertiary/aromatic N) is 8. The van der Waals surface area contributed by atoms with Gasteiger partial charge in [-0.3, -0.25) is 20.0 Å². The maximum Gasteiger partial charge on any atom is 0.341 e. The minimum atomic E-state index is -1.36. The third-order valence-electron chi connectivity index (χ3n) is 10.6. The summed E-state index contributed by atoms with van der Waals surface area (Å²) in [7, 11) is 0. The van der Waals surface area contributed by atoms with Crippen molar-refractivity contribution in [1.29, 1.82) is 10.8 Å². The lowest BCUT2D eigenvalue weighted by Crippen LogP contribution is -2.51. The Balaban J connectivity index is 0.947. The Bertz CT molecular complexity index is 2390. The molecule has 4 aromatic rings. The molecule has 0 unspecified atom stereocenters. The van der Waals surface area contributed by atoms with Gasteiger partial charge in [0.2, 0.25) is 11.4 Å². The second-order valence-electron chi connectivity index (χ2n) is 14.1. The number of amidine groups is 1. The highest BCUT2D eigenvalue weighted by Crippen LogP contribution is 2.28. The topological polar surface area (TPSA) is 219 Å². The fourth-order valence-corrected chi connectivity index (χ4v) is 7.39. The van der Waals surface area contributed by atoms with Crippen LogP contribution in [0.2, 0.25) is 0 Å².